The molecule has 38 heavy (non-hydrogen) atoms. The molecule has 0 bridgehead atoms. The van der Waals surface area contributed by atoms with Crippen molar-refractivity contribution in [2.75, 3.05) is 18.4 Å². The third kappa shape index (κ3) is 6.22. The summed E-state index contributed by atoms with van der Waals surface area (Å²) in [4.78, 5) is 17.7. The fraction of sp³-hybridized carbons (Fsp3) is 0.385. The van der Waals surface area contributed by atoms with E-state index in [2.05, 4.69) is 10.3 Å². The second kappa shape index (κ2) is 10.3. The van der Waals surface area contributed by atoms with Crippen molar-refractivity contribution in [2.24, 2.45) is 0 Å². The van der Waals surface area contributed by atoms with Crippen LogP contribution in [0.1, 0.15) is 49.5 Å². The first kappa shape index (κ1) is 28.1. The van der Waals surface area contributed by atoms with Crippen LogP contribution < -0.4 is 10.1 Å². The van der Waals surface area contributed by atoms with Gasteiger partial charge in [-0.25, -0.2) is 13.4 Å². The van der Waals surface area contributed by atoms with Crippen LogP contribution in [-0.2, 0) is 10.0 Å². The second-order valence-corrected chi connectivity index (χ2v) is 12.4. The predicted molar refractivity (Wildman–Crippen MR) is 140 cm³/mol. The number of ketones is 1. The molecule has 0 amide bonds. The molecule has 2 heterocycles. The Morgan fingerprint density at radius 2 is 1.63 bits per heavy atom. The summed E-state index contributed by atoms with van der Waals surface area (Å²) in [6, 6.07) is 13.0. The summed E-state index contributed by atoms with van der Waals surface area (Å²) in [5, 5.41) is 4.45. The molecule has 0 unspecified atom stereocenters. The molecule has 4 rings (SSSR count). The van der Waals surface area contributed by atoms with Gasteiger partial charge in [0, 0.05) is 52.4 Å². The Bertz CT molecular complexity index is 1450. The summed E-state index contributed by atoms with van der Waals surface area (Å²) in [6.07, 6.45) is 0.329. The second-order valence-electron chi connectivity index (χ2n) is 10.1. The smallest absolute Gasteiger partial charge is 0.472 e. The van der Waals surface area contributed by atoms with E-state index in [4.69, 9.17) is 16.3 Å². The maximum absolute atomic E-state index is 13.1. The third-order valence-corrected chi connectivity index (χ3v) is 7.89. The molecule has 0 radical (unpaired) electrons. The summed E-state index contributed by atoms with van der Waals surface area (Å²) in [7, 11) is -5.37. The lowest BCUT2D eigenvalue weighted by Crippen LogP contribution is -2.47. The average molecular weight is 570 g/mol. The average Bonchev–Trinajstić information content (AvgIpc) is 2.82. The van der Waals surface area contributed by atoms with Crippen LogP contribution in [0.2, 0.25) is 5.02 Å². The summed E-state index contributed by atoms with van der Waals surface area (Å²) in [5.74, 6) is 0.122. The first-order valence-electron chi connectivity index (χ1n) is 11.9. The zero-order valence-corrected chi connectivity index (χ0v) is 22.5. The molecule has 1 aromatic heterocycles. The van der Waals surface area contributed by atoms with Gasteiger partial charge in [-0.15, -0.1) is 0 Å². The number of hydrogen-bond acceptors (Lipinski definition) is 6. The molecule has 0 atom stereocenters. The van der Waals surface area contributed by atoms with E-state index in [-0.39, 0.29) is 37.8 Å². The van der Waals surface area contributed by atoms with Crippen LogP contribution in [-0.4, -0.2) is 53.7 Å². The SMILES string of the molecule is CC(C)(C)Oc1cc(NC2CCN(S(=O)(=O)C(F)(F)F)CC2)c2cc(C(=O)c3ccc(Cl)cc3)ccc2n1. The van der Waals surface area contributed by atoms with Gasteiger partial charge >= 0.3 is 15.5 Å². The highest BCUT2D eigenvalue weighted by molar-refractivity contribution is 7.90. The van der Waals surface area contributed by atoms with Gasteiger partial charge in [0.25, 0.3) is 0 Å². The van der Waals surface area contributed by atoms with Crippen LogP contribution >= 0.6 is 11.6 Å². The molecule has 1 saturated heterocycles. The van der Waals surface area contributed by atoms with Crippen molar-refractivity contribution < 1.29 is 31.1 Å². The number of hydrogen-bond donors (Lipinski definition) is 1. The van der Waals surface area contributed by atoms with Crippen LogP contribution in [0.3, 0.4) is 0 Å². The van der Waals surface area contributed by atoms with Crippen molar-refractivity contribution in [2.45, 2.75) is 50.8 Å². The Morgan fingerprint density at radius 1 is 1.03 bits per heavy atom. The number of benzene rings is 2. The molecule has 0 saturated carbocycles. The van der Waals surface area contributed by atoms with Crippen molar-refractivity contribution in [1.29, 1.82) is 0 Å². The molecule has 3 aromatic rings. The number of carbonyl (C=O) groups is 1. The zero-order valence-electron chi connectivity index (χ0n) is 21.0. The number of nitrogens with zero attached hydrogens (tertiary/aromatic N) is 2. The van der Waals surface area contributed by atoms with E-state index < -0.39 is 21.1 Å². The first-order chi connectivity index (χ1) is 17.6. The number of nitrogens with one attached hydrogen (secondary N) is 1. The number of rotatable bonds is 6. The number of pyridine rings is 1. The summed E-state index contributed by atoms with van der Waals surface area (Å²) < 4.78 is 68.9. The number of anilines is 1. The lowest BCUT2D eigenvalue weighted by molar-refractivity contribution is -0.0494. The van der Waals surface area contributed by atoms with E-state index in [0.717, 1.165) is 0 Å². The Kier molecular flexibility index (Phi) is 7.66. The molecule has 2 aromatic carbocycles. The largest absolute Gasteiger partial charge is 0.511 e. The van der Waals surface area contributed by atoms with Gasteiger partial charge in [0.1, 0.15) is 5.60 Å². The fourth-order valence-corrected chi connectivity index (χ4v) is 5.31. The molecule has 7 nitrogen and oxygen atoms in total. The number of carbonyl (C=O) groups excluding carboxylic acids is 1. The van der Waals surface area contributed by atoms with Crippen molar-refractivity contribution in [3.8, 4) is 5.88 Å². The Hall–Kier alpha value is -2.89. The van der Waals surface area contributed by atoms with Gasteiger partial charge < -0.3 is 10.1 Å². The molecule has 1 fully saturated rings. The lowest BCUT2D eigenvalue weighted by Gasteiger charge is -2.32. The summed E-state index contributed by atoms with van der Waals surface area (Å²) in [6.45, 7) is 5.08. The van der Waals surface area contributed by atoms with Gasteiger partial charge in [-0.05, 0) is 76.1 Å². The maximum atomic E-state index is 13.1. The topological polar surface area (TPSA) is 88.6 Å². The highest BCUT2D eigenvalue weighted by Gasteiger charge is 2.50. The highest BCUT2D eigenvalue weighted by atomic mass is 35.5. The minimum Gasteiger partial charge on any atom is -0.472 e. The fourth-order valence-electron chi connectivity index (χ4n) is 4.20. The van der Waals surface area contributed by atoms with Gasteiger partial charge in [0.2, 0.25) is 5.88 Å². The van der Waals surface area contributed by atoms with Crippen LogP contribution in [0.5, 0.6) is 5.88 Å². The van der Waals surface area contributed by atoms with Crippen molar-refractivity contribution in [3.05, 3.63) is 64.7 Å². The number of piperidine rings is 1. The number of ether oxygens (including phenoxy) is 1. The molecule has 1 aliphatic rings. The quantitative estimate of drug-likeness (QED) is 0.365. The van der Waals surface area contributed by atoms with E-state index >= 15 is 0 Å². The van der Waals surface area contributed by atoms with Gasteiger partial charge in [-0.1, -0.05) is 11.6 Å². The van der Waals surface area contributed by atoms with Gasteiger partial charge in [-0.2, -0.15) is 17.5 Å². The predicted octanol–water partition coefficient (Wildman–Crippen LogP) is 6.02. The normalized spacial score (nSPS) is 16.0. The monoisotopic (exact) mass is 569 g/mol. The highest BCUT2D eigenvalue weighted by Crippen LogP contribution is 2.33. The molecule has 1 N–H and O–H groups in total. The van der Waals surface area contributed by atoms with Crippen molar-refractivity contribution in [3.63, 3.8) is 0 Å². The van der Waals surface area contributed by atoms with Crippen LogP contribution in [0.25, 0.3) is 10.9 Å². The number of sulfonamides is 1. The van der Waals surface area contributed by atoms with Gasteiger partial charge in [0.05, 0.1) is 5.52 Å². The third-order valence-electron chi connectivity index (χ3n) is 6.01. The number of halogens is 4. The Morgan fingerprint density at radius 3 is 2.21 bits per heavy atom. The maximum Gasteiger partial charge on any atom is 0.511 e. The standard InChI is InChI=1S/C26H27ClF3N3O4S/c1-25(2,3)37-23-15-22(31-19-10-12-33(13-11-19)38(35,36)26(28,29)30)20-14-17(6-9-21(20)32-23)24(34)16-4-7-18(27)8-5-16/h4-9,14-15,19H,10-13H2,1-3H3,(H,31,32). The van der Waals surface area contributed by atoms with E-state index in [1.54, 1.807) is 48.5 Å². The first-order valence-corrected chi connectivity index (χ1v) is 13.7. The van der Waals surface area contributed by atoms with Crippen molar-refractivity contribution in [1.82, 2.24) is 9.29 Å². The van der Waals surface area contributed by atoms with Crippen LogP contribution in [0, 0.1) is 0 Å². The zero-order chi connectivity index (χ0) is 27.9. The number of aromatic nitrogens is 1. The van der Waals surface area contributed by atoms with E-state index in [1.165, 1.54) is 0 Å². The van der Waals surface area contributed by atoms with E-state index in [1.807, 2.05) is 20.8 Å². The van der Waals surface area contributed by atoms with Crippen molar-refractivity contribution >= 4 is 44.0 Å². The number of alkyl halides is 3. The van der Waals surface area contributed by atoms with E-state index in [9.17, 15) is 26.4 Å². The molecular weight excluding hydrogens is 543 g/mol. The molecule has 1 aliphatic heterocycles. The minimum absolute atomic E-state index is 0.165. The molecule has 204 valence electrons. The Balaban J connectivity index is 1.65. The van der Waals surface area contributed by atoms with Gasteiger partial charge in [-0.3, -0.25) is 4.79 Å². The lowest BCUT2D eigenvalue weighted by atomic mass is 10.00. The molecular formula is C26H27ClF3N3O4S. The minimum atomic E-state index is -5.37. The number of fused-ring (bicyclic) bond motifs is 1. The Labute approximate surface area is 224 Å². The van der Waals surface area contributed by atoms with Crippen LogP contribution in [0.15, 0.2) is 48.5 Å². The van der Waals surface area contributed by atoms with E-state index in [0.29, 0.717) is 42.9 Å². The molecule has 0 aliphatic carbocycles. The summed E-state index contributed by atoms with van der Waals surface area (Å²) >= 11 is 5.94. The van der Waals surface area contributed by atoms with Gasteiger partial charge in [0.15, 0.2) is 5.78 Å². The van der Waals surface area contributed by atoms with Crippen LogP contribution in [0.4, 0.5) is 18.9 Å². The molecule has 0 spiro atoms. The molecule has 12 heteroatoms. The summed E-state index contributed by atoms with van der Waals surface area (Å²) in [5.41, 5.74) is -3.86.